The van der Waals surface area contributed by atoms with Gasteiger partial charge >= 0.3 is 0 Å². The van der Waals surface area contributed by atoms with Gasteiger partial charge in [-0.3, -0.25) is 4.79 Å². The SMILES string of the molecule is O=C(C1CC1)N1CCc2sc(S(=O)(=O)NCc3ccco3)cc2C1. The molecular formula is C16H18N2O4S2. The maximum absolute atomic E-state index is 12.5. The van der Waals surface area contributed by atoms with Crippen molar-refractivity contribution in [1.82, 2.24) is 9.62 Å². The summed E-state index contributed by atoms with van der Waals surface area (Å²) in [6, 6.07) is 5.15. The monoisotopic (exact) mass is 366 g/mol. The highest BCUT2D eigenvalue weighted by atomic mass is 32.2. The van der Waals surface area contributed by atoms with Crippen molar-refractivity contribution in [1.29, 1.82) is 0 Å². The number of hydrogen-bond donors (Lipinski definition) is 1. The van der Waals surface area contributed by atoms with Crippen molar-refractivity contribution in [2.75, 3.05) is 6.54 Å². The largest absolute Gasteiger partial charge is 0.468 e. The standard InChI is InChI=1S/C16H18N2O4S2/c19-16(11-3-4-11)18-6-5-14-12(10-18)8-15(23-14)24(20,21)17-9-13-2-1-7-22-13/h1-2,7-8,11,17H,3-6,9-10H2. The normalized spacial score (nSPS) is 17.8. The van der Waals surface area contributed by atoms with E-state index in [1.165, 1.54) is 17.6 Å². The fourth-order valence-corrected chi connectivity index (χ4v) is 5.45. The topological polar surface area (TPSA) is 79.6 Å². The van der Waals surface area contributed by atoms with Gasteiger partial charge in [0.05, 0.1) is 12.8 Å². The van der Waals surface area contributed by atoms with Gasteiger partial charge in [0.2, 0.25) is 15.9 Å². The molecule has 24 heavy (non-hydrogen) atoms. The summed E-state index contributed by atoms with van der Waals surface area (Å²) < 4.78 is 32.9. The van der Waals surface area contributed by atoms with E-state index in [4.69, 9.17) is 4.42 Å². The lowest BCUT2D eigenvalue weighted by molar-refractivity contribution is -0.133. The molecule has 1 saturated carbocycles. The first-order valence-corrected chi connectivity index (χ1v) is 10.3. The number of carbonyl (C=O) groups is 1. The third-order valence-corrected chi connectivity index (χ3v) is 7.48. The molecule has 0 saturated heterocycles. The van der Waals surface area contributed by atoms with Crippen LogP contribution in [0.3, 0.4) is 0 Å². The van der Waals surface area contributed by atoms with Crippen LogP contribution in [-0.2, 0) is 34.3 Å². The Hall–Kier alpha value is -1.64. The van der Waals surface area contributed by atoms with E-state index in [0.29, 0.717) is 23.1 Å². The van der Waals surface area contributed by atoms with Gasteiger partial charge in [-0.15, -0.1) is 11.3 Å². The van der Waals surface area contributed by atoms with E-state index in [1.54, 1.807) is 18.2 Å². The fraction of sp³-hybridized carbons (Fsp3) is 0.438. The molecule has 2 aliphatic rings. The van der Waals surface area contributed by atoms with Crippen molar-refractivity contribution < 1.29 is 17.6 Å². The van der Waals surface area contributed by atoms with Crippen LogP contribution < -0.4 is 4.72 Å². The number of rotatable bonds is 5. The van der Waals surface area contributed by atoms with Gasteiger partial charge in [-0.25, -0.2) is 13.1 Å². The van der Waals surface area contributed by atoms with Crippen LogP contribution in [-0.4, -0.2) is 25.8 Å². The van der Waals surface area contributed by atoms with Crippen molar-refractivity contribution in [3.63, 3.8) is 0 Å². The number of carbonyl (C=O) groups excluding carboxylic acids is 1. The zero-order valence-corrected chi connectivity index (χ0v) is 14.7. The van der Waals surface area contributed by atoms with E-state index in [2.05, 4.69) is 4.72 Å². The molecule has 0 unspecified atom stereocenters. The zero-order chi connectivity index (χ0) is 16.7. The Morgan fingerprint density at radius 3 is 2.96 bits per heavy atom. The first kappa shape index (κ1) is 15.9. The Kier molecular flexibility index (Phi) is 3.98. The van der Waals surface area contributed by atoms with Gasteiger partial charge in [-0.1, -0.05) is 0 Å². The Morgan fingerprint density at radius 1 is 1.42 bits per heavy atom. The van der Waals surface area contributed by atoms with E-state index in [-0.39, 0.29) is 18.4 Å². The third kappa shape index (κ3) is 3.13. The first-order valence-electron chi connectivity index (χ1n) is 7.95. The van der Waals surface area contributed by atoms with Crippen LogP contribution >= 0.6 is 11.3 Å². The molecule has 1 amide bonds. The smallest absolute Gasteiger partial charge is 0.250 e. The summed E-state index contributed by atoms with van der Waals surface area (Å²) in [5.74, 6) is 0.983. The number of nitrogens with one attached hydrogen (secondary N) is 1. The molecule has 128 valence electrons. The predicted molar refractivity (Wildman–Crippen MR) is 88.9 cm³/mol. The number of hydrogen-bond acceptors (Lipinski definition) is 5. The molecule has 1 N–H and O–H groups in total. The molecule has 3 heterocycles. The second kappa shape index (κ2) is 6.02. The summed E-state index contributed by atoms with van der Waals surface area (Å²) in [5, 5.41) is 0. The van der Waals surface area contributed by atoms with Crippen molar-refractivity contribution in [2.24, 2.45) is 5.92 Å². The van der Waals surface area contributed by atoms with E-state index in [9.17, 15) is 13.2 Å². The van der Waals surface area contributed by atoms with Crippen molar-refractivity contribution in [2.45, 2.75) is 36.6 Å². The lowest BCUT2D eigenvalue weighted by atomic mass is 10.1. The Balaban J connectivity index is 1.48. The van der Waals surface area contributed by atoms with Crippen LogP contribution in [0, 0.1) is 5.92 Å². The summed E-state index contributed by atoms with van der Waals surface area (Å²) in [4.78, 5) is 15.1. The van der Waals surface area contributed by atoms with E-state index >= 15 is 0 Å². The van der Waals surface area contributed by atoms with E-state index < -0.39 is 10.0 Å². The van der Waals surface area contributed by atoms with Gasteiger partial charge in [-0.05, 0) is 43.0 Å². The summed E-state index contributed by atoms with van der Waals surface area (Å²) in [5.41, 5.74) is 0.957. The first-order chi connectivity index (χ1) is 11.5. The number of sulfonamides is 1. The molecule has 0 spiro atoms. The fourth-order valence-electron chi connectivity index (χ4n) is 2.87. The Labute approximate surface area is 144 Å². The predicted octanol–water partition coefficient (Wildman–Crippen LogP) is 2.11. The van der Waals surface area contributed by atoms with Crippen LogP contribution in [0.1, 0.15) is 29.0 Å². The van der Waals surface area contributed by atoms with Gasteiger partial charge in [0.15, 0.2) is 0 Å². The molecule has 4 rings (SSSR count). The average Bonchev–Trinajstić information content (AvgIpc) is 3.11. The lowest BCUT2D eigenvalue weighted by Crippen LogP contribution is -2.36. The van der Waals surface area contributed by atoms with Gasteiger partial charge in [0.25, 0.3) is 0 Å². The Morgan fingerprint density at radius 2 is 2.25 bits per heavy atom. The number of nitrogens with zero attached hydrogens (tertiary/aromatic N) is 1. The lowest BCUT2D eigenvalue weighted by Gasteiger charge is -2.26. The summed E-state index contributed by atoms with van der Waals surface area (Å²) in [7, 11) is -3.57. The molecule has 2 aromatic heterocycles. The van der Waals surface area contributed by atoms with Gasteiger partial charge in [-0.2, -0.15) is 0 Å². The van der Waals surface area contributed by atoms with Crippen LogP contribution in [0.4, 0.5) is 0 Å². The molecule has 1 fully saturated rings. The summed E-state index contributed by atoms with van der Waals surface area (Å²) >= 11 is 1.30. The maximum Gasteiger partial charge on any atom is 0.250 e. The number of furan rings is 1. The molecule has 6 nitrogen and oxygen atoms in total. The van der Waals surface area contributed by atoms with Gasteiger partial charge in [0.1, 0.15) is 9.97 Å². The molecule has 8 heteroatoms. The highest BCUT2D eigenvalue weighted by Gasteiger charge is 2.35. The molecule has 0 aromatic carbocycles. The van der Waals surface area contributed by atoms with E-state index in [1.807, 2.05) is 4.90 Å². The number of thiophene rings is 1. The molecular weight excluding hydrogens is 348 g/mol. The van der Waals surface area contributed by atoms with Crippen LogP contribution in [0.5, 0.6) is 0 Å². The van der Waals surface area contributed by atoms with Crippen LogP contribution in [0.15, 0.2) is 33.1 Å². The van der Waals surface area contributed by atoms with Crippen LogP contribution in [0.2, 0.25) is 0 Å². The molecule has 0 atom stereocenters. The van der Waals surface area contributed by atoms with Crippen molar-refractivity contribution in [3.8, 4) is 0 Å². The van der Waals surface area contributed by atoms with Gasteiger partial charge < -0.3 is 9.32 Å². The number of fused-ring (bicyclic) bond motifs is 1. The van der Waals surface area contributed by atoms with Crippen molar-refractivity contribution in [3.05, 3.63) is 40.7 Å². The number of amides is 1. The summed E-state index contributed by atoms with van der Waals surface area (Å²) in [6.45, 7) is 1.33. The quantitative estimate of drug-likeness (QED) is 0.879. The highest BCUT2D eigenvalue weighted by molar-refractivity contribution is 7.91. The molecule has 1 aliphatic carbocycles. The summed E-state index contributed by atoms with van der Waals surface area (Å²) in [6.07, 6.45) is 4.22. The minimum Gasteiger partial charge on any atom is -0.468 e. The minimum absolute atomic E-state index is 0.129. The van der Waals surface area contributed by atoms with Crippen LogP contribution in [0.25, 0.3) is 0 Å². The van der Waals surface area contributed by atoms with Gasteiger partial charge in [0, 0.05) is 23.9 Å². The molecule has 0 bridgehead atoms. The zero-order valence-electron chi connectivity index (χ0n) is 13.0. The second-order valence-corrected chi connectivity index (χ2v) is 9.33. The van der Waals surface area contributed by atoms with E-state index in [0.717, 1.165) is 29.7 Å². The second-order valence-electron chi connectivity index (χ2n) is 6.20. The molecule has 1 aliphatic heterocycles. The van der Waals surface area contributed by atoms with Crippen molar-refractivity contribution >= 4 is 27.3 Å². The molecule has 2 aromatic rings. The highest BCUT2D eigenvalue weighted by Crippen LogP contribution is 2.35. The maximum atomic E-state index is 12.5. The molecule has 0 radical (unpaired) electrons. The average molecular weight is 366 g/mol. The Bertz CT molecular complexity index is 851. The minimum atomic E-state index is -3.57. The third-order valence-electron chi connectivity index (χ3n) is 4.36.